The lowest BCUT2D eigenvalue weighted by Crippen LogP contribution is -2.62. The van der Waals surface area contributed by atoms with Crippen molar-refractivity contribution in [2.24, 2.45) is 5.41 Å². The Kier molecular flexibility index (Phi) is 6.04. The molecule has 0 radical (unpaired) electrons. The highest BCUT2D eigenvalue weighted by Crippen LogP contribution is 2.35. The minimum Gasteiger partial charge on any atom is -0.372 e. The van der Waals surface area contributed by atoms with Crippen LogP contribution in [0.2, 0.25) is 5.02 Å². The summed E-state index contributed by atoms with van der Waals surface area (Å²) in [6.07, 6.45) is 0.685. The summed E-state index contributed by atoms with van der Waals surface area (Å²) in [7, 11) is 2.08. The minimum atomic E-state index is -0.965. The van der Waals surface area contributed by atoms with Crippen molar-refractivity contribution in [2.45, 2.75) is 32.0 Å². The fourth-order valence-corrected chi connectivity index (χ4v) is 5.43. The zero-order valence-corrected chi connectivity index (χ0v) is 20.4. The summed E-state index contributed by atoms with van der Waals surface area (Å²) >= 11 is 6.02. The lowest BCUT2D eigenvalue weighted by molar-refractivity contribution is -0.147. The second-order valence-corrected chi connectivity index (χ2v) is 10.5. The number of carbonyl (C=O) groups excluding carboxylic acids is 2. The second-order valence-electron chi connectivity index (χ2n) is 10.0. The predicted octanol–water partition coefficient (Wildman–Crippen LogP) is 3.14. The Balaban J connectivity index is 1.38. The molecule has 3 aliphatic rings. The van der Waals surface area contributed by atoms with E-state index in [0.717, 1.165) is 37.1 Å². The first-order chi connectivity index (χ1) is 16.2. The third kappa shape index (κ3) is 4.17. The number of hydrogen-bond donors (Lipinski definition) is 2. The molecule has 34 heavy (non-hydrogen) atoms. The standard InChI is InChI=1S/C26H31ClN4O3/c1-26(9-11-29(2)12-10-26)25(34)30-13-14-31-22(16-30)23(32)28-21-8-5-18(15-20(21)24(31)33)17-3-6-19(27)7-4-17/h3-8,15,22-23,28,32H,9-14,16H2,1-2H3. The van der Waals surface area contributed by atoms with E-state index in [2.05, 4.69) is 24.2 Å². The van der Waals surface area contributed by atoms with Crippen LogP contribution in [0, 0.1) is 5.41 Å². The van der Waals surface area contributed by atoms with E-state index in [4.69, 9.17) is 11.6 Å². The van der Waals surface area contributed by atoms with Crippen molar-refractivity contribution in [3.8, 4) is 11.1 Å². The van der Waals surface area contributed by atoms with Crippen molar-refractivity contribution < 1.29 is 14.7 Å². The van der Waals surface area contributed by atoms with Crippen LogP contribution in [-0.4, -0.2) is 83.7 Å². The molecule has 3 aliphatic heterocycles. The number of aliphatic hydroxyl groups is 1. The smallest absolute Gasteiger partial charge is 0.256 e. The maximum absolute atomic E-state index is 13.6. The number of nitrogens with zero attached hydrogens (tertiary/aromatic N) is 3. The molecule has 2 amide bonds. The van der Waals surface area contributed by atoms with Crippen molar-refractivity contribution >= 4 is 29.1 Å². The molecule has 0 aliphatic carbocycles. The summed E-state index contributed by atoms with van der Waals surface area (Å²) < 4.78 is 0. The molecule has 2 fully saturated rings. The average molecular weight is 483 g/mol. The van der Waals surface area contributed by atoms with Gasteiger partial charge < -0.3 is 25.1 Å². The molecule has 2 aromatic rings. The third-order valence-corrected chi connectivity index (χ3v) is 7.92. The number of aliphatic hydroxyl groups excluding tert-OH is 1. The second kappa shape index (κ2) is 8.87. The topological polar surface area (TPSA) is 76.1 Å². The fourth-order valence-electron chi connectivity index (χ4n) is 5.30. The molecule has 180 valence electrons. The van der Waals surface area contributed by atoms with Gasteiger partial charge in [-0.3, -0.25) is 9.59 Å². The first kappa shape index (κ1) is 23.1. The quantitative estimate of drug-likeness (QED) is 0.687. The highest BCUT2D eigenvalue weighted by molar-refractivity contribution is 6.30. The van der Waals surface area contributed by atoms with Gasteiger partial charge >= 0.3 is 0 Å². The molecule has 2 aromatic carbocycles. The molecule has 3 heterocycles. The molecule has 0 saturated carbocycles. The van der Waals surface area contributed by atoms with Gasteiger partial charge in [-0.2, -0.15) is 0 Å². The summed E-state index contributed by atoms with van der Waals surface area (Å²) in [6.45, 7) is 5.05. The van der Waals surface area contributed by atoms with Crippen LogP contribution >= 0.6 is 11.6 Å². The Labute approximate surface area is 205 Å². The monoisotopic (exact) mass is 482 g/mol. The lowest BCUT2D eigenvalue weighted by atomic mass is 9.79. The Bertz CT molecular complexity index is 1100. The summed E-state index contributed by atoms with van der Waals surface area (Å²) in [5.41, 5.74) is 2.60. The predicted molar refractivity (Wildman–Crippen MR) is 133 cm³/mol. The number of hydrogen-bond acceptors (Lipinski definition) is 5. The minimum absolute atomic E-state index is 0.127. The van der Waals surface area contributed by atoms with E-state index in [1.54, 1.807) is 4.90 Å². The molecule has 7 nitrogen and oxygen atoms in total. The number of benzene rings is 2. The maximum Gasteiger partial charge on any atom is 0.256 e. The van der Waals surface area contributed by atoms with Crippen LogP contribution in [0.15, 0.2) is 42.5 Å². The number of fused-ring (bicyclic) bond motifs is 2. The molecule has 0 spiro atoms. The number of likely N-dealkylation sites (tertiary alicyclic amines) is 1. The number of nitrogens with one attached hydrogen (secondary N) is 1. The largest absolute Gasteiger partial charge is 0.372 e. The van der Waals surface area contributed by atoms with E-state index in [1.165, 1.54) is 0 Å². The van der Waals surface area contributed by atoms with Gasteiger partial charge in [-0.15, -0.1) is 0 Å². The molecule has 2 N–H and O–H groups in total. The van der Waals surface area contributed by atoms with E-state index in [9.17, 15) is 14.7 Å². The molecular formula is C26H31ClN4O3. The SMILES string of the molecule is CN1CCC(C)(C(=O)N2CCN3C(=O)c4cc(-c5ccc(Cl)cc5)ccc4NC(O)C3C2)CC1. The fraction of sp³-hybridized carbons (Fsp3) is 0.462. The number of carbonyl (C=O) groups is 2. The van der Waals surface area contributed by atoms with Crippen LogP contribution in [0.1, 0.15) is 30.1 Å². The molecule has 0 aromatic heterocycles. The molecule has 5 rings (SSSR count). The molecule has 0 bridgehead atoms. The summed E-state index contributed by atoms with van der Waals surface area (Å²) in [5.74, 6) is 0.00384. The Morgan fingerprint density at radius 3 is 2.44 bits per heavy atom. The summed E-state index contributed by atoms with van der Waals surface area (Å²) in [6, 6.07) is 12.6. The molecular weight excluding hydrogens is 452 g/mol. The summed E-state index contributed by atoms with van der Waals surface area (Å²) in [4.78, 5) is 32.9. The highest BCUT2D eigenvalue weighted by atomic mass is 35.5. The zero-order chi connectivity index (χ0) is 24.0. The van der Waals surface area contributed by atoms with Gasteiger partial charge in [0.05, 0.1) is 11.6 Å². The number of halogens is 1. The van der Waals surface area contributed by atoms with Crippen LogP contribution in [0.3, 0.4) is 0 Å². The van der Waals surface area contributed by atoms with Crippen LogP contribution < -0.4 is 5.32 Å². The van der Waals surface area contributed by atoms with Crippen LogP contribution in [0.5, 0.6) is 0 Å². The van der Waals surface area contributed by atoms with Crippen molar-refractivity contribution in [3.05, 3.63) is 53.1 Å². The molecule has 2 unspecified atom stereocenters. The summed E-state index contributed by atoms with van der Waals surface area (Å²) in [5, 5.41) is 14.8. The van der Waals surface area contributed by atoms with Crippen molar-refractivity contribution in [2.75, 3.05) is 45.1 Å². The molecule has 2 atom stereocenters. The Morgan fingerprint density at radius 2 is 1.74 bits per heavy atom. The zero-order valence-electron chi connectivity index (χ0n) is 19.6. The van der Waals surface area contributed by atoms with Gasteiger partial charge in [0.1, 0.15) is 6.23 Å². The van der Waals surface area contributed by atoms with E-state index in [1.807, 2.05) is 47.4 Å². The van der Waals surface area contributed by atoms with Gasteiger partial charge in [0.25, 0.3) is 5.91 Å². The first-order valence-electron chi connectivity index (χ1n) is 11.9. The number of amides is 2. The molecule has 2 saturated heterocycles. The maximum atomic E-state index is 13.6. The van der Waals surface area contributed by atoms with Gasteiger partial charge in [0, 0.05) is 35.8 Å². The number of piperidine rings is 1. The normalized spacial score (nSPS) is 24.6. The van der Waals surface area contributed by atoms with Crippen molar-refractivity contribution in [1.29, 1.82) is 0 Å². The number of piperazine rings is 1. The van der Waals surface area contributed by atoms with E-state index >= 15 is 0 Å². The first-order valence-corrected chi connectivity index (χ1v) is 12.3. The van der Waals surface area contributed by atoms with Crippen LogP contribution in [0.4, 0.5) is 5.69 Å². The third-order valence-electron chi connectivity index (χ3n) is 7.67. The van der Waals surface area contributed by atoms with Gasteiger partial charge in [-0.1, -0.05) is 36.7 Å². The number of rotatable bonds is 2. The van der Waals surface area contributed by atoms with Gasteiger partial charge in [0.2, 0.25) is 5.91 Å². The van der Waals surface area contributed by atoms with Crippen molar-refractivity contribution in [3.63, 3.8) is 0 Å². The number of anilines is 1. The van der Waals surface area contributed by atoms with Gasteiger partial charge in [-0.05, 0) is 68.4 Å². The van der Waals surface area contributed by atoms with Gasteiger partial charge in [-0.25, -0.2) is 0 Å². The lowest BCUT2D eigenvalue weighted by Gasteiger charge is -2.46. The highest BCUT2D eigenvalue weighted by Gasteiger charge is 2.44. The van der Waals surface area contributed by atoms with Crippen molar-refractivity contribution in [1.82, 2.24) is 14.7 Å². The van der Waals surface area contributed by atoms with E-state index in [-0.39, 0.29) is 11.8 Å². The Morgan fingerprint density at radius 1 is 1.06 bits per heavy atom. The average Bonchev–Trinajstić information content (AvgIpc) is 2.95. The molecule has 8 heteroatoms. The van der Waals surface area contributed by atoms with E-state index in [0.29, 0.717) is 35.9 Å². The van der Waals surface area contributed by atoms with Gasteiger partial charge in [0.15, 0.2) is 0 Å². The van der Waals surface area contributed by atoms with Crippen LogP contribution in [0.25, 0.3) is 11.1 Å². The van der Waals surface area contributed by atoms with Crippen LogP contribution in [-0.2, 0) is 4.79 Å². The Hall–Kier alpha value is -2.61. The van der Waals surface area contributed by atoms with E-state index < -0.39 is 17.7 Å².